The highest BCUT2D eigenvalue weighted by atomic mass is 35.5. The molecule has 1 aromatic heterocycles. The summed E-state index contributed by atoms with van der Waals surface area (Å²) in [5, 5.41) is 11.1. The Morgan fingerprint density at radius 1 is 1.11 bits per heavy atom. The number of hydrogen-bond acceptors (Lipinski definition) is 3. The van der Waals surface area contributed by atoms with E-state index in [1.54, 1.807) is 0 Å². The number of nitrogens with zero attached hydrogens (tertiary/aromatic N) is 3. The van der Waals surface area contributed by atoms with E-state index >= 15 is 0 Å². The van der Waals surface area contributed by atoms with Gasteiger partial charge in [-0.2, -0.15) is 0 Å². The standard InChI is InChI=1S/C14H14ClN3/c15-13-11-3-1-2-4-12(11)14(17-16-13)18-8-9-5-6-10(18)7-9/h1-4,9-10H,5-8H2. The minimum absolute atomic E-state index is 0.499. The summed E-state index contributed by atoms with van der Waals surface area (Å²) < 4.78 is 0. The van der Waals surface area contributed by atoms with Crippen LogP contribution in [-0.4, -0.2) is 22.8 Å². The van der Waals surface area contributed by atoms with Gasteiger partial charge in [0.05, 0.1) is 0 Å². The number of anilines is 1. The summed E-state index contributed by atoms with van der Waals surface area (Å²) >= 11 is 6.12. The lowest BCUT2D eigenvalue weighted by atomic mass is 10.1. The van der Waals surface area contributed by atoms with Crippen LogP contribution >= 0.6 is 11.6 Å². The lowest BCUT2D eigenvalue weighted by Gasteiger charge is -2.28. The number of benzene rings is 1. The fourth-order valence-corrected chi connectivity index (χ4v) is 3.66. The molecule has 0 spiro atoms. The average Bonchev–Trinajstić information content (AvgIpc) is 3.02. The van der Waals surface area contributed by atoms with E-state index in [1.165, 1.54) is 19.3 Å². The van der Waals surface area contributed by atoms with Crippen molar-refractivity contribution >= 4 is 28.2 Å². The van der Waals surface area contributed by atoms with Crippen LogP contribution in [-0.2, 0) is 0 Å². The molecule has 3 nitrogen and oxygen atoms in total. The van der Waals surface area contributed by atoms with Crippen LogP contribution in [0.25, 0.3) is 10.8 Å². The molecule has 18 heavy (non-hydrogen) atoms. The van der Waals surface area contributed by atoms with Crippen molar-refractivity contribution in [3.05, 3.63) is 29.4 Å². The van der Waals surface area contributed by atoms with Crippen molar-refractivity contribution in [1.29, 1.82) is 0 Å². The lowest BCUT2D eigenvalue weighted by Crippen LogP contribution is -2.32. The van der Waals surface area contributed by atoms with Crippen molar-refractivity contribution in [1.82, 2.24) is 10.2 Å². The van der Waals surface area contributed by atoms with E-state index in [-0.39, 0.29) is 0 Å². The smallest absolute Gasteiger partial charge is 0.159 e. The quantitative estimate of drug-likeness (QED) is 0.787. The molecule has 1 aliphatic heterocycles. The summed E-state index contributed by atoms with van der Waals surface area (Å²) in [5.41, 5.74) is 0. The van der Waals surface area contributed by atoms with Gasteiger partial charge in [-0.05, 0) is 25.2 Å². The summed E-state index contributed by atoms with van der Waals surface area (Å²) in [6.45, 7) is 1.13. The Balaban J connectivity index is 1.88. The summed E-state index contributed by atoms with van der Waals surface area (Å²) in [4.78, 5) is 2.43. The van der Waals surface area contributed by atoms with E-state index in [1.807, 2.05) is 18.2 Å². The third kappa shape index (κ3) is 1.43. The maximum Gasteiger partial charge on any atom is 0.159 e. The van der Waals surface area contributed by atoms with Gasteiger partial charge in [-0.3, -0.25) is 0 Å². The predicted molar refractivity (Wildman–Crippen MR) is 73.0 cm³/mol. The highest BCUT2D eigenvalue weighted by Crippen LogP contribution is 2.41. The molecule has 2 aromatic rings. The van der Waals surface area contributed by atoms with Crippen LogP contribution in [0, 0.1) is 5.92 Å². The molecule has 4 rings (SSSR count). The summed E-state index contributed by atoms with van der Waals surface area (Å²) in [6, 6.07) is 8.81. The van der Waals surface area contributed by atoms with Crippen molar-refractivity contribution in [2.75, 3.05) is 11.4 Å². The van der Waals surface area contributed by atoms with E-state index in [0.717, 1.165) is 29.1 Å². The minimum atomic E-state index is 0.499. The van der Waals surface area contributed by atoms with E-state index in [4.69, 9.17) is 11.6 Å². The maximum absolute atomic E-state index is 6.12. The van der Waals surface area contributed by atoms with Gasteiger partial charge in [0, 0.05) is 23.4 Å². The van der Waals surface area contributed by atoms with Crippen LogP contribution in [0.3, 0.4) is 0 Å². The Hall–Kier alpha value is -1.35. The summed E-state index contributed by atoms with van der Waals surface area (Å²) in [7, 11) is 0. The molecule has 2 heterocycles. The van der Waals surface area contributed by atoms with Crippen LogP contribution in [0.2, 0.25) is 5.15 Å². The van der Waals surface area contributed by atoms with Gasteiger partial charge in [0.1, 0.15) is 0 Å². The molecule has 2 atom stereocenters. The second-order valence-electron chi connectivity index (χ2n) is 5.35. The number of rotatable bonds is 1. The maximum atomic E-state index is 6.12. The van der Waals surface area contributed by atoms with Gasteiger partial charge in [-0.15, -0.1) is 10.2 Å². The molecular formula is C14H14ClN3. The number of aromatic nitrogens is 2. The van der Waals surface area contributed by atoms with Gasteiger partial charge in [0.2, 0.25) is 0 Å². The van der Waals surface area contributed by atoms with Crippen LogP contribution in [0.5, 0.6) is 0 Å². The third-order valence-electron chi connectivity index (χ3n) is 4.30. The number of piperidine rings is 1. The van der Waals surface area contributed by atoms with Gasteiger partial charge in [0.25, 0.3) is 0 Å². The highest BCUT2D eigenvalue weighted by molar-refractivity contribution is 6.34. The molecule has 2 unspecified atom stereocenters. The lowest BCUT2D eigenvalue weighted by molar-refractivity contribution is 0.550. The zero-order valence-corrected chi connectivity index (χ0v) is 10.8. The van der Waals surface area contributed by atoms with Crippen molar-refractivity contribution in [2.45, 2.75) is 25.3 Å². The molecule has 2 fully saturated rings. The van der Waals surface area contributed by atoms with Crippen molar-refractivity contribution in [2.24, 2.45) is 5.92 Å². The first-order chi connectivity index (χ1) is 8.83. The zero-order valence-electron chi connectivity index (χ0n) is 10.0. The van der Waals surface area contributed by atoms with Gasteiger partial charge in [-0.25, -0.2) is 0 Å². The second-order valence-corrected chi connectivity index (χ2v) is 5.70. The van der Waals surface area contributed by atoms with Gasteiger partial charge in [0.15, 0.2) is 11.0 Å². The average molecular weight is 260 g/mol. The molecule has 92 valence electrons. The second kappa shape index (κ2) is 3.82. The fraction of sp³-hybridized carbons (Fsp3) is 0.429. The summed E-state index contributed by atoms with van der Waals surface area (Å²) in [6.07, 6.45) is 3.99. The molecule has 0 N–H and O–H groups in total. The van der Waals surface area contributed by atoms with E-state index in [2.05, 4.69) is 21.2 Å². The van der Waals surface area contributed by atoms with Crippen LogP contribution in [0.4, 0.5) is 5.82 Å². The first-order valence-corrected chi connectivity index (χ1v) is 6.88. The fourth-order valence-electron chi connectivity index (χ4n) is 3.45. The summed E-state index contributed by atoms with van der Waals surface area (Å²) in [5.74, 6) is 1.87. The molecule has 1 saturated heterocycles. The highest BCUT2D eigenvalue weighted by Gasteiger charge is 2.39. The van der Waals surface area contributed by atoms with E-state index < -0.39 is 0 Å². The predicted octanol–water partition coefficient (Wildman–Crippen LogP) is 3.27. The Bertz CT molecular complexity index is 613. The van der Waals surface area contributed by atoms with Gasteiger partial charge in [-0.1, -0.05) is 35.9 Å². The minimum Gasteiger partial charge on any atom is -0.351 e. The molecule has 1 saturated carbocycles. The third-order valence-corrected chi connectivity index (χ3v) is 4.58. The van der Waals surface area contributed by atoms with Crippen LogP contribution in [0.1, 0.15) is 19.3 Å². The van der Waals surface area contributed by atoms with Crippen LogP contribution < -0.4 is 4.90 Å². The van der Waals surface area contributed by atoms with Gasteiger partial charge >= 0.3 is 0 Å². The monoisotopic (exact) mass is 259 g/mol. The van der Waals surface area contributed by atoms with Crippen molar-refractivity contribution in [3.8, 4) is 0 Å². The van der Waals surface area contributed by atoms with Crippen LogP contribution in [0.15, 0.2) is 24.3 Å². The topological polar surface area (TPSA) is 29.0 Å². The molecule has 4 heteroatoms. The first kappa shape index (κ1) is 10.6. The molecule has 1 aromatic carbocycles. The molecule has 1 aliphatic carbocycles. The van der Waals surface area contributed by atoms with Crippen molar-refractivity contribution in [3.63, 3.8) is 0 Å². The van der Waals surface area contributed by atoms with Gasteiger partial charge < -0.3 is 4.90 Å². The normalized spacial score (nSPS) is 26.2. The Morgan fingerprint density at radius 2 is 1.94 bits per heavy atom. The number of hydrogen-bond donors (Lipinski definition) is 0. The van der Waals surface area contributed by atoms with Crippen molar-refractivity contribution < 1.29 is 0 Å². The van der Waals surface area contributed by atoms with E-state index in [9.17, 15) is 0 Å². The molecule has 0 amide bonds. The molecule has 2 bridgehead atoms. The number of fused-ring (bicyclic) bond motifs is 3. The molecule has 0 radical (unpaired) electrons. The zero-order chi connectivity index (χ0) is 12.1. The SMILES string of the molecule is Clc1nnc(N2CC3CCC2C3)c2ccccc12. The Morgan fingerprint density at radius 3 is 2.67 bits per heavy atom. The molecule has 2 aliphatic rings. The Kier molecular flexibility index (Phi) is 2.24. The van der Waals surface area contributed by atoms with E-state index in [0.29, 0.717) is 11.2 Å². The molecular weight excluding hydrogens is 246 g/mol. The largest absolute Gasteiger partial charge is 0.351 e. The first-order valence-electron chi connectivity index (χ1n) is 6.50. The Labute approximate surface area is 111 Å². The number of halogens is 1.